The molecule has 0 aromatic carbocycles. The van der Waals surface area contributed by atoms with Crippen LogP contribution in [0.15, 0.2) is 9.42 Å². The number of aryl methyl sites for hydroxylation is 2. The van der Waals surface area contributed by atoms with Gasteiger partial charge in [0.15, 0.2) is 5.76 Å². The van der Waals surface area contributed by atoms with Crippen LogP contribution in [-0.2, 0) is 10.0 Å². The fourth-order valence-electron chi connectivity index (χ4n) is 2.60. The van der Waals surface area contributed by atoms with Gasteiger partial charge in [-0.2, -0.15) is 0 Å². The Morgan fingerprint density at radius 2 is 1.95 bits per heavy atom. The van der Waals surface area contributed by atoms with Crippen molar-refractivity contribution < 1.29 is 12.9 Å². The van der Waals surface area contributed by atoms with Crippen molar-refractivity contribution in [2.75, 3.05) is 0 Å². The molecule has 1 aromatic heterocycles. The maximum atomic E-state index is 12.4. The second-order valence-corrected chi connectivity index (χ2v) is 6.83. The van der Waals surface area contributed by atoms with E-state index in [-0.39, 0.29) is 17.0 Å². The van der Waals surface area contributed by atoms with Gasteiger partial charge in [-0.1, -0.05) is 24.4 Å². The zero-order valence-electron chi connectivity index (χ0n) is 11.3. The molecule has 2 atom stereocenters. The van der Waals surface area contributed by atoms with E-state index in [4.69, 9.17) is 10.3 Å². The van der Waals surface area contributed by atoms with E-state index in [1.165, 1.54) is 0 Å². The monoisotopic (exact) mass is 287 g/mol. The third-order valence-corrected chi connectivity index (χ3v) is 5.35. The highest BCUT2D eigenvalue weighted by Crippen LogP contribution is 2.22. The molecule has 0 saturated heterocycles. The van der Waals surface area contributed by atoms with Gasteiger partial charge in [0, 0.05) is 12.1 Å². The molecule has 1 fully saturated rings. The van der Waals surface area contributed by atoms with Crippen molar-refractivity contribution in [2.45, 2.75) is 62.9 Å². The van der Waals surface area contributed by atoms with Crippen LogP contribution in [0.3, 0.4) is 0 Å². The van der Waals surface area contributed by atoms with Gasteiger partial charge in [0.05, 0.1) is 0 Å². The van der Waals surface area contributed by atoms with E-state index >= 15 is 0 Å². The van der Waals surface area contributed by atoms with E-state index < -0.39 is 10.0 Å². The molecule has 0 spiro atoms. The number of hydrogen-bond acceptors (Lipinski definition) is 5. The van der Waals surface area contributed by atoms with Crippen LogP contribution in [0.2, 0.25) is 0 Å². The van der Waals surface area contributed by atoms with Crippen molar-refractivity contribution in [3.63, 3.8) is 0 Å². The number of rotatable bonds is 3. The Morgan fingerprint density at radius 3 is 2.58 bits per heavy atom. The first-order valence-corrected chi connectivity index (χ1v) is 8.11. The summed E-state index contributed by atoms with van der Waals surface area (Å²) in [6, 6.07) is -0.334. The Kier molecular flexibility index (Phi) is 4.27. The van der Waals surface area contributed by atoms with Crippen molar-refractivity contribution in [1.82, 2.24) is 9.88 Å². The molecule has 2 rings (SSSR count). The number of nitrogens with zero attached hydrogens (tertiary/aromatic N) is 1. The quantitative estimate of drug-likeness (QED) is 0.815. The predicted octanol–water partition coefficient (Wildman–Crippen LogP) is 1.23. The Hall–Kier alpha value is -0.920. The smallest absolute Gasteiger partial charge is 0.246 e. The first-order valence-electron chi connectivity index (χ1n) is 6.62. The molecule has 1 saturated carbocycles. The van der Waals surface area contributed by atoms with Gasteiger partial charge in [-0.25, -0.2) is 13.1 Å². The third-order valence-electron chi connectivity index (χ3n) is 3.61. The summed E-state index contributed by atoms with van der Waals surface area (Å²) in [4.78, 5) is 0.143. The predicted molar refractivity (Wildman–Crippen MR) is 71.1 cm³/mol. The SMILES string of the molecule is Cc1noc(C)c1S(=O)(=O)NC1CCCCCC1N. The highest BCUT2D eigenvalue weighted by atomic mass is 32.2. The first kappa shape index (κ1) is 14.5. The summed E-state index contributed by atoms with van der Waals surface area (Å²) in [6.07, 6.45) is 4.81. The summed E-state index contributed by atoms with van der Waals surface area (Å²) in [5, 5.41) is 3.69. The minimum atomic E-state index is -3.61. The molecular weight excluding hydrogens is 266 g/mol. The first-order chi connectivity index (χ1) is 8.92. The summed E-state index contributed by atoms with van der Waals surface area (Å²) in [6.45, 7) is 3.22. The molecule has 0 bridgehead atoms. The van der Waals surface area contributed by atoms with Crippen molar-refractivity contribution >= 4 is 10.0 Å². The average Bonchev–Trinajstić information content (AvgIpc) is 2.54. The van der Waals surface area contributed by atoms with Gasteiger partial charge in [-0.05, 0) is 26.7 Å². The molecule has 1 aromatic rings. The van der Waals surface area contributed by atoms with Gasteiger partial charge in [0.1, 0.15) is 10.6 Å². The van der Waals surface area contributed by atoms with E-state index in [2.05, 4.69) is 9.88 Å². The van der Waals surface area contributed by atoms with Gasteiger partial charge < -0.3 is 10.3 Å². The summed E-state index contributed by atoms with van der Waals surface area (Å²) in [5.41, 5.74) is 6.43. The normalized spacial score (nSPS) is 25.2. The fourth-order valence-corrected chi connectivity index (χ4v) is 4.25. The zero-order valence-corrected chi connectivity index (χ0v) is 12.2. The second kappa shape index (κ2) is 5.60. The number of nitrogens with two attached hydrogens (primary N) is 1. The molecule has 3 N–H and O–H groups in total. The molecular formula is C12H21N3O3S. The Balaban J connectivity index is 2.21. The molecule has 0 aliphatic heterocycles. The molecule has 19 heavy (non-hydrogen) atoms. The Morgan fingerprint density at radius 1 is 1.26 bits per heavy atom. The number of hydrogen-bond donors (Lipinski definition) is 2. The van der Waals surface area contributed by atoms with Crippen LogP contribution >= 0.6 is 0 Å². The van der Waals surface area contributed by atoms with Crippen LogP contribution in [0.1, 0.15) is 43.6 Å². The van der Waals surface area contributed by atoms with Gasteiger partial charge in [-0.15, -0.1) is 0 Å². The minimum Gasteiger partial charge on any atom is -0.360 e. The van der Waals surface area contributed by atoms with Crippen LogP contribution < -0.4 is 10.5 Å². The largest absolute Gasteiger partial charge is 0.360 e. The minimum absolute atomic E-state index is 0.127. The third kappa shape index (κ3) is 3.16. The highest BCUT2D eigenvalue weighted by Gasteiger charge is 2.30. The van der Waals surface area contributed by atoms with Crippen LogP contribution in [0.5, 0.6) is 0 Å². The molecule has 0 radical (unpaired) electrons. The van der Waals surface area contributed by atoms with Crippen molar-refractivity contribution in [3.05, 3.63) is 11.5 Å². The molecule has 1 heterocycles. The van der Waals surface area contributed by atoms with Gasteiger partial charge in [0.25, 0.3) is 0 Å². The van der Waals surface area contributed by atoms with E-state index in [0.717, 1.165) is 32.1 Å². The van der Waals surface area contributed by atoms with Crippen LogP contribution in [-0.4, -0.2) is 25.7 Å². The molecule has 0 amide bonds. The molecule has 1 aliphatic rings. The van der Waals surface area contributed by atoms with Crippen LogP contribution in [0, 0.1) is 13.8 Å². The standard InChI is InChI=1S/C12H21N3O3S/c1-8-12(9(2)18-14-8)19(16,17)15-11-7-5-3-4-6-10(11)13/h10-11,15H,3-7,13H2,1-2H3. The lowest BCUT2D eigenvalue weighted by molar-refractivity contribution is 0.390. The lowest BCUT2D eigenvalue weighted by atomic mass is 10.1. The maximum absolute atomic E-state index is 12.4. The highest BCUT2D eigenvalue weighted by molar-refractivity contribution is 7.89. The number of sulfonamides is 1. The topological polar surface area (TPSA) is 98.2 Å². The van der Waals surface area contributed by atoms with Crippen LogP contribution in [0.25, 0.3) is 0 Å². The maximum Gasteiger partial charge on any atom is 0.246 e. The zero-order chi connectivity index (χ0) is 14.0. The van der Waals surface area contributed by atoms with E-state index in [0.29, 0.717) is 11.5 Å². The van der Waals surface area contributed by atoms with E-state index in [1.54, 1.807) is 13.8 Å². The van der Waals surface area contributed by atoms with Gasteiger partial charge in [-0.3, -0.25) is 0 Å². The summed E-state index contributed by atoms with van der Waals surface area (Å²) in [5.74, 6) is 0.312. The van der Waals surface area contributed by atoms with Crippen molar-refractivity contribution in [2.24, 2.45) is 5.73 Å². The van der Waals surface area contributed by atoms with E-state index in [9.17, 15) is 8.42 Å². The second-order valence-electron chi connectivity index (χ2n) is 5.18. The summed E-state index contributed by atoms with van der Waals surface area (Å²) < 4.78 is 32.4. The van der Waals surface area contributed by atoms with E-state index in [1.807, 2.05) is 0 Å². The molecule has 1 aliphatic carbocycles. The average molecular weight is 287 g/mol. The number of aromatic nitrogens is 1. The van der Waals surface area contributed by atoms with Gasteiger partial charge in [0.2, 0.25) is 10.0 Å². The molecule has 108 valence electrons. The molecule has 7 heteroatoms. The fraction of sp³-hybridized carbons (Fsp3) is 0.750. The lowest BCUT2D eigenvalue weighted by Crippen LogP contribution is -2.47. The summed E-state index contributed by atoms with van der Waals surface area (Å²) >= 11 is 0. The van der Waals surface area contributed by atoms with Crippen molar-refractivity contribution in [1.29, 1.82) is 0 Å². The Bertz CT molecular complexity index is 519. The lowest BCUT2D eigenvalue weighted by Gasteiger charge is -2.22. The van der Waals surface area contributed by atoms with Crippen LogP contribution in [0.4, 0.5) is 0 Å². The molecule has 6 nitrogen and oxygen atoms in total. The van der Waals surface area contributed by atoms with Gasteiger partial charge >= 0.3 is 0 Å². The Labute approximate surface area is 113 Å². The van der Waals surface area contributed by atoms with Crippen molar-refractivity contribution in [3.8, 4) is 0 Å². The number of nitrogens with one attached hydrogen (secondary N) is 1. The summed E-state index contributed by atoms with van der Waals surface area (Å²) in [7, 11) is -3.61. The molecule has 2 unspecified atom stereocenters.